The predicted molar refractivity (Wildman–Crippen MR) is 64.4 cm³/mol. The van der Waals surface area contributed by atoms with E-state index in [1.807, 2.05) is 6.08 Å². The zero-order valence-corrected chi connectivity index (χ0v) is 9.30. The Bertz CT molecular complexity index is 356. The van der Waals surface area contributed by atoms with Crippen molar-refractivity contribution in [3.63, 3.8) is 0 Å². The monoisotopic (exact) mass is 186 g/mol. The average molecular weight is 186 g/mol. The average Bonchev–Trinajstić information content (AvgIpc) is 2.20. The molecule has 0 atom stereocenters. The molecular formula is C14H18. The summed E-state index contributed by atoms with van der Waals surface area (Å²) in [6.07, 6.45) is 5.16. The Morgan fingerprint density at radius 3 is 2.71 bits per heavy atom. The van der Waals surface area contributed by atoms with Crippen LogP contribution >= 0.6 is 0 Å². The van der Waals surface area contributed by atoms with Crippen LogP contribution in [0.2, 0.25) is 0 Å². The van der Waals surface area contributed by atoms with Gasteiger partial charge in [-0.2, -0.15) is 0 Å². The van der Waals surface area contributed by atoms with Gasteiger partial charge in [-0.05, 0) is 31.4 Å². The van der Waals surface area contributed by atoms with Crippen LogP contribution in [0.1, 0.15) is 30.5 Å². The van der Waals surface area contributed by atoms with Crippen LogP contribution in [0.4, 0.5) is 0 Å². The maximum Gasteiger partial charge on any atom is -0.0222 e. The van der Waals surface area contributed by atoms with Crippen LogP contribution in [0.15, 0.2) is 36.4 Å². The van der Waals surface area contributed by atoms with Crippen molar-refractivity contribution in [2.75, 3.05) is 0 Å². The highest BCUT2D eigenvalue weighted by molar-refractivity contribution is 5.59. The molecule has 0 amide bonds. The van der Waals surface area contributed by atoms with E-state index in [-0.39, 0.29) is 0 Å². The van der Waals surface area contributed by atoms with Gasteiger partial charge in [-0.1, -0.05) is 55.0 Å². The third-order valence-corrected chi connectivity index (χ3v) is 2.38. The van der Waals surface area contributed by atoms with Gasteiger partial charge in [0.25, 0.3) is 0 Å². The van der Waals surface area contributed by atoms with Crippen LogP contribution in [0.25, 0.3) is 6.08 Å². The quantitative estimate of drug-likeness (QED) is 0.622. The van der Waals surface area contributed by atoms with Gasteiger partial charge in [-0.15, -0.1) is 0 Å². The zero-order chi connectivity index (χ0) is 10.6. The molecule has 0 aliphatic rings. The molecule has 0 aliphatic carbocycles. The van der Waals surface area contributed by atoms with Crippen molar-refractivity contribution in [3.05, 3.63) is 53.1 Å². The summed E-state index contributed by atoms with van der Waals surface area (Å²) in [6, 6.07) is 6.59. The molecule has 0 spiro atoms. The van der Waals surface area contributed by atoms with Gasteiger partial charge in [0.1, 0.15) is 0 Å². The molecule has 0 fully saturated rings. The molecule has 0 heterocycles. The van der Waals surface area contributed by atoms with E-state index in [4.69, 9.17) is 0 Å². The minimum absolute atomic E-state index is 1.08. The van der Waals surface area contributed by atoms with Gasteiger partial charge in [0.15, 0.2) is 0 Å². The standard InChI is InChI=1S/C14H18/c1-5-11(3)9-14-8-7-12(4)10-13(14)6-2/h5,7-10H,1,6H2,2-4H3/b11-9-. The van der Waals surface area contributed by atoms with E-state index in [1.165, 1.54) is 22.3 Å². The Balaban J connectivity index is 3.14. The molecule has 0 bridgehead atoms. The first kappa shape index (κ1) is 10.8. The molecule has 14 heavy (non-hydrogen) atoms. The first-order valence-electron chi connectivity index (χ1n) is 5.07. The van der Waals surface area contributed by atoms with Crippen LogP contribution in [0.5, 0.6) is 0 Å². The number of benzene rings is 1. The lowest BCUT2D eigenvalue weighted by molar-refractivity contribution is 1.12. The van der Waals surface area contributed by atoms with Crippen molar-refractivity contribution in [1.82, 2.24) is 0 Å². The molecule has 0 unspecified atom stereocenters. The minimum atomic E-state index is 1.08. The largest absolute Gasteiger partial charge is 0.0988 e. The molecule has 0 nitrogen and oxygen atoms in total. The predicted octanol–water partition coefficient (Wildman–Crippen LogP) is 4.15. The Morgan fingerprint density at radius 2 is 2.14 bits per heavy atom. The van der Waals surface area contributed by atoms with Crippen molar-refractivity contribution in [2.45, 2.75) is 27.2 Å². The van der Waals surface area contributed by atoms with Crippen molar-refractivity contribution < 1.29 is 0 Å². The van der Waals surface area contributed by atoms with Crippen molar-refractivity contribution in [2.24, 2.45) is 0 Å². The lowest BCUT2D eigenvalue weighted by Crippen LogP contribution is -1.88. The fraction of sp³-hybridized carbons (Fsp3) is 0.286. The summed E-state index contributed by atoms with van der Waals surface area (Å²) in [5.41, 5.74) is 5.26. The number of allylic oxidation sites excluding steroid dienone is 2. The molecule has 1 rings (SSSR count). The first-order chi connectivity index (χ1) is 6.67. The van der Waals surface area contributed by atoms with Crippen LogP contribution < -0.4 is 0 Å². The lowest BCUT2D eigenvalue weighted by Gasteiger charge is -2.05. The second-order valence-electron chi connectivity index (χ2n) is 3.65. The highest BCUT2D eigenvalue weighted by Gasteiger charge is 1.97. The molecule has 0 aliphatic heterocycles. The van der Waals surface area contributed by atoms with E-state index < -0.39 is 0 Å². The van der Waals surface area contributed by atoms with E-state index in [9.17, 15) is 0 Å². The second kappa shape index (κ2) is 4.80. The van der Waals surface area contributed by atoms with Gasteiger partial charge >= 0.3 is 0 Å². The molecule has 0 radical (unpaired) electrons. The highest BCUT2D eigenvalue weighted by atomic mass is 14.0. The molecule has 0 saturated carbocycles. The van der Waals surface area contributed by atoms with Gasteiger partial charge in [-0.25, -0.2) is 0 Å². The molecule has 0 saturated heterocycles. The van der Waals surface area contributed by atoms with Crippen LogP contribution in [0.3, 0.4) is 0 Å². The van der Waals surface area contributed by atoms with Crippen LogP contribution in [0, 0.1) is 6.92 Å². The molecule has 1 aromatic rings. The van der Waals surface area contributed by atoms with Crippen molar-refractivity contribution in [1.29, 1.82) is 0 Å². The SMILES string of the molecule is C=C/C(C)=C\c1ccc(C)cc1CC. The molecule has 0 N–H and O–H groups in total. The molecule has 0 heteroatoms. The molecule has 74 valence electrons. The van der Waals surface area contributed by atoms with E-state index >= 15 is 0 Å². The second-order valence-corrected chi connectivity index (χ2v) is 3.65. The normalized spacial score (nSPS) is 11.5. The first-order valence-corrected chi connectivity index (χ1v) is 5.07. The van der Waals surface area contributed by atoms with Gasteiger partial charge in [0.2, 0.25) is 0 Å². The summed E-state index contributed by atoms with van der Waals surface area (Å²) < 4.78 is 0. The number of aryl methyl sites for hydroxylation is 2. The molecule has 0 aromatic heterocycles. The van der Waals surface area contributed by atoms with E-state index in [2.05, 4.69) is 51.6 Å². The maximum atomic E-state index is 3.76. The van der Waals surface area contributed by atoms with E-state index in [0.717, 1.165) is 6.42 Å². The molecular weight excluding hydrogens is 168 g/mol. The summed E-state index contributed by atoms with van der Waals surface area (Å²) >= 11 is 0. The van der Waals surface area contributed by atoms with Gasteiger partial charge in [0.05, 0.1) is 0 Å². The zero-order valence-electron chi connectivity index (χ0n) is 9.30. The van der Waals surface area contributed by atoms with Gasteiger partial charge in [-0.3, -0.25) is 0 Å². The van der Waals surface area contributed by atoms with Crippen molar-refractivity contribution in [3.8, 4) is 0 Å². The number of rotatable bonds is 3. The smallest absolute Gasteiger partial charge is 0.0222 e. The third-order valence-electron chi connectivity index (χ3n) is 2.38. The Hall–Kier alpha value is -1.30. The summed E-state index contributed by atoms with van der Waals surface area (Å²) in [4.78, 5) is 0. The Kier molecular flexibility index (Phi) is 3.70. The Labute approximate surface area is 87.0 Å². The molecule has 1 aromatic carbocycles. The van der Waals surface area contributed by atoms with Gasteiger partial charge in [0, 0.05) is 0 Å². The fourth-order valence-electron chi connectivity index (χ4n) is 1.49. The van der Waals surface area contributed by atoms with Gasteiger partial charge < -0.3 is 0 Å². The van der Waals surface area contributed by atoms with Crippen LogP contribution in [-0.4, -0.2) is 0 Å². The number of hydrogen-bond acceptors (Lipinski definition) is 0. The van der Waals surface area contributed by atoms with Crippen molar-refractivity contribution >= 4 is 6.08 Å². The van der Waals surface area contributed by atoms with E-state index in [0.29, 0.717) is 0 Å². The van der Waals surface area contributed by atoms with E-state index in [1.54, 1.807) is 0 Å². The maximum absolute atomic E-state index is 3.76. The topological polar surface area (TPSA) is 0 Å². The highest BCUT2D eigenvalue weighted by Crippen LogP contribution is 2.16. The summed E-state index contributed by atoms with van der Waals surface area (Å²) in [5, 5.41) is 0. The summed E-state index contributed by atoms with van der Waals surface area (Å²) in [6.45, 7) is 10.2. The Morgan fingerprint density at radius 1 is 1.43 bits per heavy atom. The lowest BCUT2D eigenvalue weighted by atomic mass is 10.0. The summed E-state index contributed by atoms with van der Waals surface area (Å²) in [5.74, 6) is 0. The summed E-state index contributed by atoms with van der Waals surface area (Å²) in [7, 11) is 0. The fourth-order valence-corrected chi connectivity index (χ4v) is 1.49. The minimum Gasteiger partial charge on any atom is -0.0988 e. The van der Waals surface area contributed by atoms with Crippen LogP contribution in [-0.2, 0) is 6.42 Å². The third kappa shape index (κ3) is 2.59. The number of hydrogen-bond donors (Lipinski definition) is 0.